The lowest BCUT2D eigenvalue weighted by atomic mass is 9.42. The van der Waals surface area contributed by atoms with Gasteiger partial charge < -0.3 is 20.6 Å². The molecule has 35 heavy (non-hydrogen) atoms. The van der Waals surface area contributed by atoms with Gasteiger partial charge in [-0.15, -0.1) is 0 Å². The van der Waals surface area contributed by atoms with E-state index >= 15 is 0 Å². The molecule has 1 amide bonds. The lowest BCUT2D eigenvalue weighted by molar-refractivity contribution is -0.244. The Hall–Kier alpha value is -0.740. The van der Waals surface area contributed by atoms with Gasteiger partial charge in [-0.2, -0.15) is 8.42 Å². The van der Waals surface area contributed by atoms with Crippen molar-refractivity contribution in [2.45, 2.75) is 103 Å². The minimum atomic E-state index is -4.10. The highest BCUT2D eigenvalue weighted by molar-refractivity contribution is 7.85. The third-order valence-corrected chi connectivity index (χ3v) is 11.8. The molecule has 202 valence electrons. The maximum atomic E-state index is 12.3. The van der Waals surface area contributed by atoms with E-state index in [1.165, 1.54) is 0 Å². The molecule has 0 spiro atoms. The van der Waals surface area contributed by atoms with Crippen LogP contribution in [0.3, 0.4) is 0 Å². The van der Waals surface area contributed by atoms with Gasteiger partial charge in [-0.05, 0) is 92.3 Å². The fourth-order valence-electron chi connectivity index (χ4n) is 9.11. The van der Waals surface area contributed by atoms with Crippen molar-refractivity contribution in [1.82, 2.24) is 5.32 Å². The second kappa shape index (κ2) is 9.53. The molecule has 8 nitrogen and oxygen atoms in total. The summed E-state index contributed by atoms with van der Waals surface area (Å²) in [7, 11) is -4.10. The van der Waals surface area contributed by atoms with Gasteiger partial charge in [-0.1, -0.05) is 20.8 Å². The van der Waals surface area contributed by atoms with Crippen LogP contribution >= 0.6 is 0 Å². The normalized spacial score (nSPS) is 46.3. The summed E-state index contributed by atoms with van der Waals surface area (Å²) in [5, 5.41) is 36.5. The van der Waals surface area contributed by atoms with Gasteiger partial charge in [0.1, 0.15) is 0 Å². The Bertz CT molecular complexity index is 911. The highest BCUT2D eigenvalue weighted by Crippen LogP contribution is 2.69. The molecule has 0 aliphatic heterocycles. The van der Waals surface area contributed by atoms with Crippen LogP contribution in [0, 0.1) is 40.4 Å². The van der Waals surface area contributed by atoms with Crippen molar-refractivity contribution in [2.24, 2.45) is 40.4 Å². The summed E-state index contributed by atoms with van der Waals surface area (Å²) >= 11 is 0. The van der Waals surface area contributed by atoms with E-state index in [9.17, 15) is 28.5 Å². The minimum Gasteiger partial charge on any atom is -0.393 e. The summed E-state index contributed by atoms with van der Waals surface area (Å²) < 4.78 is 30.5. The summed E-state index contributed by atoms with van der Waals surface area (Å²) in [5.74, 6) is 0.112. The standard InChI is InChI=1S/C26H45NO7S/c1-16(4-5-22(30)27-12-13-35(32,33)34)19-8-11-26(31)23-20(7-10-25(19,26)3)24(2)9-6-18(28)14-17(24)15-21(23)29/h16-21,23,28-29,31H,4-15H2,1-3H3,(H,27,30)(H,32,33,34). The minimum absolute atomic E-state index is 0.0457. The number of nitrogens with one attached hydrogen (secondary N) is 1. The highest BCUT2D eigenvalue weighted by Gasteiger charge is 2.69. The Morgan fingerprint density at radius 1 is 1.09 bits per heavy atom. The smallest absolute Gasteiger partial charge is 0.266 e. The number of rotatable bonds is 7. The molecule has 0 heterocycles. The molecule has 9 heteroatoms. The third-order valence-electron chi connectivity index (χ3n) is 11.1. The first-order valence-corrected chi connectivity index (χ1v) is 15.1. The van der Waals surface area contributed by atoms with E-state index in [0.717, 1.165) is 38.5 Å². The van der Waals surface area contributed by atoms with Gasteiger partial charge in [-0.3, -0.25) is 9.35 Å². The fourth-order valence-corrected chi connectivity index (χ4v) is 9.47. The Morgan fingerprint density at radius 3 is 2.49 bits per heavy atom. The number of carbonyl (C=O) groups excluding carboxylic acids is 1. The molecule has 0 aromatic rings. The lowest BCUT2D eigenvalue weighted by Gasteiger charge is -2.65. The van der Waals surface area contributed by atoms with Crippen molar-refractivity contribution in [3.05, 3.63) is 0 Å². The van der Waals surface area contributed by atoms with Crippen molar-refractivity contribution in [3.8, 4) is 0 Å². The SMILES string of the molecule is CC(CCC(=O)NCCS(=O)(=O)O)C1CCC2(O)C3C(O)CC4CC(O)CCC4(C)C3CCC12C. The number of hydrogen-bond acceptors (Lipinski definition) is 6. The first kappa shape index (κ1) is 27.3. The fraction of sp³-hybridized carbons (Fsp3) is 0.962. The van der Waals surface area contributed by atoms with Gasteiger partial charge >= 0.3 is 0 Å². The molecule has 5 N–H and O–H groups in total. The molecule has 4 aliphatic rings. The molecular weight excluding hydrogens is 470 g/mol. The number of carbonyl (C=O) groups is 1. The second-order valence-corrected chi connectivity index (χ2v) is 14.3. The van der Waals surface area contributed by atoms with Crippen LogP contribution in [-0.4, -0.2) is 64.3 Å². The first-order chi connectivity index (χ1) is 16.2. The Kier molecular flexibility index (Phi) is 7.43. The molecule has 0 aromatic heterocycles. The number of amides is 1. The zero-order chi connectivity index (χ0) is 25.8. The van der Waals surface area contributed by atoms with Gasteiger partial charge in [0.2, 0.25) is 5.91 Å². The van der Waals surface area contributed by atoms with Crippen LogP contribution in [-0.2, 0) is 14.9 Å². The number of aliphatic hydroxyl groups is 3. The van der Waals surface area contributed by atoms with Crippen molar-refractivity contribution < 1.29 is 33.1 Å². The molecule has 4 rings (SSSR count). The monoisotopic (exact) mass is 515 g/mol. The Morgan fingerprint density at radius 2 is 1.80 bits per heavy atom. The highest BCUT2D eigenvalue weighted by atomic mass is 32.2. The van der Waals surface area contributed by atoms with Crippen molar-refractivity contribution >= 4 is 16.0 Å². The Balaban J connectivity index is 1.44. The largest absolute Gasteiger partial charge is 0.393 e. The van der Waals surface area contributed by atoms with E-state index < -0.39 is 27.6 Å². The molecule has 4 fully saturated rings. The van der Waals surface area contributed by atoms with E-state index in [4.69, 9.17) is 4.55 Å². The average molecular weight is 516 g/mol. The predicted octanol–water partition coefficient (Wildman–Crippen LogP) is 2.51. The van der Waals surface area contributed by atoms with Crippen LogP contribution in [0.4, 0.5) is 0 Å². The van der Waals surface area contributed by atoms with E-state index in [1.54, 1.807) is 0 Å². The molecule has 0 bridgehead atoms. The number of fused-ring (bicyclic) bond motifs is 5. The molecular formula is C26H45NO7S. The predicted molar refractivity (Wildman–Crippen MR) is 132 cm³/mol. The van der Waals surface area contributed by atoms with Crippen LogP contribution in [0.2, 0.25) is 0 Å². The van der Waals surface area contributed by atoms with Crippen molar-refractivity contribution in [3.63, 3.8) is 0 Å². The average Bonchev–Trinajstić information content (AvgIpc) is 3.03. The Labute approximate surface area is 210 Å². The van der Waals surface area contributed by atoms with E-state index in [2.05, 4.69) is 26.1 Å². The topological polar surface area (TPSA) is 144 Å². The first-order valence-electron chi connectivity index (χ1n) is 13.5. The maximum Gasteiger partial charge on any atom is 0.266 e. The van der Waals surface area contributed by atoms with Gasteiger partial charge in [0.05, 0.1) is 23.6 Å². The van der Waals surface area contributed by atoms with Gasteiger partial charge in [-0.25, -0.2) is 0 Å². The van der Waals surface area contributed by atoms with Crippen LogP contribution in [0.25, 0.3) is 0 Å². The number of hydrogen-bond donors (Lipinski definition) is 5. The molecule has 4 saturated carbocycles. The van der Waals surface area contributed by atoms with E-state index in [-0.39, 0.29) is 59.5 Å². The summed E-state index contributed by atoms with van der Waals surface area (Å²) in [5.41, 5.74) is -1.21. The summed E-state index contributed by atoms with van der Waals surface area (Å²) in [6, 6.07) is 0. The summed E-state index contributed by atoms with van der Waals surface area (Å²) in [6.45, 7) is 6.55. The van der Waals surface area contributed by atoms with E-state index in [1.807, 2.05) is 0 Å². The zero-order valence-corrected chi connectivity index (χ0v) is 22.3. The van der Waals surface area contributed by atoms with Crippen molar-refractivity contribution in [1.29, 1.82) is 0 Å². The van der Waals surface area contributed by atoms with Gasteiger partial charge in [0.25, 0.3) is 10.1 Å². The van der Waals surface area contributed by atoms with Crippen LogP contribution in [0.15, 0.2) is 0 Å². The van der Waals surface area contributed by atoms with Crippen molar-refractivity contribution in [2.75, 3.05) is 12.3 Å². The summed E-state index contributed by atoms with van der Waals surface area (Å²) in [6.07, 6.45) is 6.63. The van der Waals surface area contributed by atoms with Gasteiger partial charge in [0, 0.05) is 18.9 Å². The second-order valence-electron chi connectivity index (χ2n) is 12.7. The number of aliphatic hydroxyl groups excluding tert-OH is 2. The molecule has 0 saturated heterocycles. The van der Waals surface area contributed by atoms with Gasteiger partial charge in [0.15, 0.2) is 0 Å². The molecule has 0 radical (unpaired) electrons. The van der Waals surface area contributed by atoms with Crippen LogP contribution in [0.1, 0.15) is 85.0 Å². The lowest BCUT2D eigenvalue weighted by Crippen LogP contribution is -2.66. The zero-order valence-electron chi connectivity index (χ0n) is 21.4. The molecule has 0 aromatic carbocycles. The quantitative estimate of drug-likeness (QED) is 0.328. The molecule has 4 aliphatic carbocycles. The van der Waals surface area contributed by atoms with E-state index in [0.29, 0.717) is 25.2 Å². The maximum absolute atomic E-state index is 12.3. The molecule has 10 atom stereocenters. The van der Waals surface area contributed by atoms with Crippen LogP contribution < -0.4 is 5.32 Å². The molecule has 10 unspecified atom stereocenters. The summed E-state index contributed by atoms with van der Waals surface area (Å²) in [4.78, 5) is 12.2. The third kappa shape index (κ3) is 4.80. The van der Waals surface area contributed by atoms with Crippen LogP contribution in [0.5, 0.6) is 0 Å².